The molecule has 2 bridgehead atoms. The Morgan fingerprint density at radius 3 is 2.74 bits per heavy atom. The van der Waals surface area contributed by atoms with Gasteiger partial charge < -0.3 is 15.4 Å². The van der Waals surface area contributed by atoms with Crippen molar-refractivity contribution in [2.45, 2.75) is 68.8 Å². The molecule has 3 heterocycles. The van der Waals surface area contributed by atoms with Gasteiger partial charge in [-0.2, -0.15) is 10.4 Å². The van der Waals surface area contributed by atoms with Crippen molar-refractivity contribution in [3.05, 3.63) is 35.4 Å². The molecule has 0 spiro atoms. The van der Waals surface area contributed by atoms with E-state index in [9.17, 15) is 23.2 Å². The summed E-state index contributed by atoms with van der Waals surface area (Å²) in [6, 6.07) is 4.75. The molecule has 1 amide bonds. The van der Waals surface area contributed by atoms with Gasteiger partial charge in [-0.15, -0.1) is 13.2 Å². The number of fused-ring (bicyclic) bond motifs is 1. The average molecular weight is 534 g/mol. The fraction of sp³-hybridized carbons (Fsp3) is 0.522. The van der Waals surface area contributed by atoms with Gasteiger partial charge in [-0.3, -0.25) is 14.2 Å². The van der Waals surface area contributed by atoms with E-state index in [1.807, 2.05) is 6.07 Å². The third-order valence-corrected chi connectivity index (χ3v) is 7.40. The van der Waals surface area contributed by atoms with E-state index in [4.69, 9.17) is 4.74 Å². The average Bonchev–Trinajstić information content (AvgIpc) is 3.53. The third kappa shape index (κ3) is 4.60. The second-order valence-corrected chi connectivity index (χ2v) is 10.1. The molecule has 11 nitrogen and oxygen atoms in total. The number of hydrogen-bond acceptors (Lipinski definition) is 8. The van der Waals surface area contributed by atoms with Gasteiger partial charge in [0.25, 0.3) is 0 Å². The van der Waals surface area contributed by atoms with Crippen LogP contribution in [0.2, 0.25) is 0 Å². The van der Waals surface area contributed by atoms with Crippen LogP contribution in [0.3, 0.4) is 0 Å². The van der Waals surface area contributed by atoms with Gasteiger partial charge in [0.05, 0.1) is 12.3 Å². The Labute approximate surface area is 212 Å². The predicted molar refractivity (Wildman–Crippen MR) is 121 cm³/mol. The summed E-state index contributed by atoms with van der Waals surface area (Å²) in [4.78, 5) is 20.4. The minimum atomic E-state index is -4.82. The molecule has 0 radical (unpaired) electrons. The number of nitrogens with one attached hydrogen (secondary N) is 3. The summed E-state index contributed by atoms with van der Waals surface area (Å²) in [6.45, 7) is -0.818. The first-order valence-electron chi connectivity index (χ1n) is 12.0. The number of alkyl carbamates (subject to hydrolysis) is 1. The molecule has 0 aliphatic heterocycles. The fourth-order valence-electron chi connectivity index (χ4n) is 5.50. The fourth-order valence-corrected chi connectivity index (χ4v) is 5.50. The monoisotopic (exact) mass is 534 g/mol. The highest BCUT2D eigenvalue weighted by Crippen LogP contribution is 2.57. The quantitative estimate of drug-likeness (QED) is 0.387. The van der Waals surface area contributed by atoms with Gasteiger partial charge in [0.1, 0.15) is 29.7 Å². The van der Waals surface area contributed by atoms with Crippen LogP contribution in [0.15, 0.2) is 18.3 Å². The Hall–Kier alpha value is -3.93. The minimum absolute atomic E-state index is 0.0265. The summed E-state index contributed by atoms with van der Waals surface area (Å²) in [6.07, 6.45) is -2.75. The maximum atomic E-state index is 15.2. The molecule has 4 aliphatic carbocycles. The standard InChI is InChI=1S/C23H22F4N8O3/c24-19-14(1-2-16(19)38-21(36)32-22-5-11(6-22)7-22)15-4-17(34-33-15)31-20-30-12(8-28)3-18-29-13(9-35(18)20)10-37-23(25,26)27/h3-4,9,11,14,16,19H,1-2,5-7,10H2,(H,32,36)(H2,30,31,33,34)/t11?,14-,16-,19+,22?/m1/s1. The van der Waals surface area contributed by atoms with Crippen LogP contribution in [0.4, 0.5) is 34.1 Å². The number of alkyl halides is 4. The Kier molecular flexibility index (Phi) is 5.67. The third-order valence-electron chi connectivity index (χ3n) is 7.40. The summed E-state index contributed by atoms with van der Waals surface area (Å²) in [5.41, 5.74) is 0.441. The van der Waals surface area contributed by atoms with Gasteiger partial charge in [-0.1, -0.05) is 0 Å². The number of amides is 1. The zero-order valence-electron chi connectivity index (χ0n) is 19.8. The van der Waals surface area contributed by atoms with Gasteiger partial charge in [-0.05, 0) is 38.0 Å². The smallest absolute Gasteiger partial charge is 0.443 e. The van der Waals surface area contributed by atoms with E-state index >= 15 is 4.39 Å². The van der Waals surface area contributed by atoms with E-state index in [0.29, 0.717) is 24.5 Å². The Morgan fingerprint density at radius 2 is 2.05 bits per heavy atom. The number of rotatable bonds is 7. The van der Waals surface area contributed by atoms with Crippen LogP contribution in [0.25, 0.3) is 5.65 Å². The van der Waals surface area contributed by atoms with Gasteiger partial charge in [0.2, 0.25) is 5.95 Å². The van der Waals surface area contributed by atoms with Gasteiger partial charge in [0.15, 0.2) is 5.82 Å². The minimum Gasteiger partial charge on any atom is -0.443 e. The summed E-state index contributed by atoms with van der Waals surface area (Å²) in [5, 5.41) is 22.0. The molecule has 3 aromatic rings. The Morgan fingerprint density at radius 1 is 1.26 bits per heavy atom. The van der Waals surface area contributed by atoms with Crippen molar-refractivity contribution in [3.63, 3.8) is 0 Å². The van der Waals surface area contributed by atoms with Gasteiger partial charge >= 0.3 is 12.5 Å². The van der Waals surface area contributed by atoms with Crippen molar-refractivity contribution in [2.75, 3.05) is 5.32 Å². The number of carbonyl (C=O) groups excluding carboxylic acids is 1. The highest BCUT2D eigenvalue weighted by atomic mass is 19.4. The van der Waals surface area contributed by atoms with Crippen molar-refractivity contribution in [1.29, 1.82) is 5.26 Å². The number of imidazole rings is 1. The van der Waals surface area contributed by atoms with E-state index in [1.165, 1.54) is 16.7 Å². The van der Waals surface area contributed by atoms with Crippen LogP contribution >= 0.6 is 0 Å². The number of aromatic nitrogens is 5. The molecule has 3 atom stereocenters. The molecule has 0 unspecified atom stereocenters. The molecule has 200 valence electrons. The summed E-state index contributed by atoms with van der Waals surface area (Å²) in [5.74, 6) is 0.418. The molecule has 0 saturated heterocycles. The molecule has 4 saturated carbocycles. The molecular weight excluding hydrogens is 512 g/mol. The van der Waals surface area contributed by atoms with Crippen LogP contribution in [0.1, 0.15) is 55.1 Å². The maximum Gasteiger partial charge on any atom is 0.522 e. The molecule has 3 aromatic heterocycles. The Balaban J connectivity index is 1.13. The van der Waals surface area contributed by atoms with E-state index < -0.39 is 37.3 Å². The SMILES string of the molecule is N#Cc1cc2nc(COC(F)(F)F)cn2c(Nc2cc([C@H]3CC[C@@H](OC(=O)NC45CC(C4)C5)[C@H]3F)[nH]n2)n1. The highest BCUT2D eigenvalue weighted by molar-refractivity contribution is 5.69. The van der Waals surface area contributed by atoms with Crippen molar-refractivity contribution >= 4 is 23.5 Å². The van der Waals surface area contributed by atoms with E-state index in [1.54, 1.807) is 6.07 Å². The molecule has 4 fully saturated rings. The molecule has 38 heavy (non-hydrogen) atoms. The molecule has 4 aliphatic rings. The largest absolute Gasteiger partial charge is 0.522 e. The topological polar surface area (TPSA) is 142 Å². The second kappa shape index (κ2) is 8.83. The first-order chi connectivity index (χ1) is 18.1. The zero-order valence-corrected chi connectivity index (χ0v) is 19.8. The number of carbonyl (C=O) groups is 1. The normalized spacial score (nSPS) is 27.9. The number of halogens is 4. The lowest BCUT2D eigenvalue weighted by Crippen LogP contribution is -2.68. The van der Waals surface area contributed by atoms with Crippen molar-refractivity contribution < 1.29 is 31.8 Å². The summed E-state index contributed by atoms with van der Waals surface area (Å²) in [7, 11) is 0. The van der Waals surface area contributed by atoms with Gasteiger partial charge in [0, 0.05) is 35.5 Å². The zero-order chi connectivity index (χ0) is 26.7. The van der Waals surface area contributed by atoms with Crippen LogP contribution in [0.5, 0.6) is 0 Å². The van der Waals surface area contributed by atoms with Crippen LogP contribution < -0.4 is 10.6 Å². The number of nitriles is 1. The number of hydrogen-bond donors (Lipinski definition) is 3. The van der Waals surface area contributed by atoms with Crippen LogP contribution in [-0.4, -0.2) is 54.8 Å². The molecular formula is C23H22F4N8O3. The van der Waals surface area contributed by atoms with E-state index in [2.05, 4.69) is 35.5 Å². The highest BCUT2D eigenvalue weighted by Gasteiger charge is 2.58. The van der Waals surface area contributed by atoms with E-state index in [-0.39, 0.29) is 34.3 Å². The lowest BCUT2D eigenvalue weighted by molar-refractivity contribution is -0.330. The molecule has 15 heteroatoms. The first-order valence-corrected chi connectivity index (χ1v) is 12.0. The van der Waals surface area contributed by atoms with Crippen molar-refractivity contribution in [2.24, 2.45) is 5.92 Å². The van der Waals surface area contributed by atoms with Crippen molar-refractivity contribution in [1.82, 2.24) is 29.9 Å². The number of H-pyrrole nitrogens is 1. The lowest BCUT2D eigenvalue weighted by atomic mass is 9.50. The number of aromatic amines is 1. The second-order valence-electron chi connectivity index (χ2n) is 10.1. The summed E-state index contributed by atoms with van der Waals surface area (Å²) >= 11 is 0. The Bertz CT molecular complexity index is 1410. The summed E-state index contributed by atoms with van der Waals surface area (Å²) < 4.78 is 63.0. The number of nitrogens with zero attached hydrogens (tertiary/aromatic N) is 5. The predicted octanol–water partition coefficient (Wildman–Crippen LogP) is 3.97. The number of ether oxygens (including phenoxy) is 2. The molecule has 3 N–H and O–H groups in total. The van der Waals surface area contributed by atoms with E-state index in [0.717, 1.165) is 19.3 Å². The van der Waals surface area contributed by atoms with Crippen molar-refractivity contribution in [3.8, 4) is 6.07 Å². The molecule has 7 rings (SSSR count). The maximum absolute atomic E-state index is 15.2. The molecule has 0 aromatic carbocycles. The van der Waals surface area contributed by atoms with Crippen LogP contribution in [0, 0.1) is 17.2 Å². The first kappa shape index (κ1) is 24.4. The van der Waals surface area contributed by atoms with Gasteiger partial charge in [-0.25, -0.2) is 19.2 Å². The number of anilines is 2. The lowest BCUT2D eigenvalue weighted by Gasteiger charge is -2.61. The van der Waals surface area contributed by atoms with Crippen LogP contribution in [-0.2, 0) is 16.1 Å².